The van der Waals surface area contributed by atoms with E-state index in [1.807, 2.05) is 20.8 Å². The molecule has 0 spiro atoms. The molecule has 9 nitrogen and oxygen atoms in total. The number of imidazole rings is 1. The number of halogens is 1. The first-order chi connectivity index (χ1) is 16.0. The molecule has 3 aromatic rings. The third-order valence-electron chi connectivity index (χ3n) is 6.49. The Morgan fingerprint density at radius 3 is 2.21 bits per heavy atom. The van der Waals surface area contributed by atoms with Crippen LogP contribution in [0.3, 0.4) is 0 Å². The minimum Gasteiger partial charge on any atom is -0.369 e. The Bertz CT molecular complexity index is 1340. The SMILES string of the molecule is Cn1c(=O)c2c(nc(CN3CCN(c4ccc(F)cc4)CC3)n2CC(=O)C(C)(C)C)n(C)c1=O. The Hall–Kier alpha value is -3.27. The molecule has 0 amide bonds. The number of aromatic nitrogens is 4. The molecule has 1 fully saturated rings. The van der Waals surface area contributed by atoms with E-state index in [4.69, 9.17) is 0 Å². The zero-order valence-electron chi connectivity index (χ0n) is 20.3. The summed E-state index contributed by atoms with van der Waals surface area (Å²) in [6.45, 7) is 8.98. The summed E-state index contributed by atoms with van der Waals surface area (Å²) in [4.78, 5) is 47.5. The summed E-state index contributed by atoms with van der Waals surface area (Å²) >= 11 is 0. The molecule has 0 radical (unpaired) electrons. The molecule has 0 atom stereocenters. The molecule has 0 unspecified atom stereocenters. The second kappa shape index (κ2) is 8.83. The van der Waals surface area contributed by atoms with Gasteiger partial charge in [0.05, 0.1) is 13.1 Å². The van der Waals surface area contributed by atoms with Gasteiger partial charge in [-0.25, -0.2) is 14.2 Å². The van der Waals surface area contributed by atoms with E-state index in [2.05, 4.69) is 14.8 Å². The molecule has 2 aromatic heterocycles. The number of aryl methyl sites for hydroxylation is 1. The maximum Gasteiger partial charge on any atom is 0.332 e. The van der Waals surface area contributed by atoms with Gasteiger partial charge in [0.25, 0.3) is 5.56 Å². The number of ketones is 1. The van der Waals surface area contributed by atoms with E-state index in [0.29, 0.717) is 12.4 Å². The van der Waals surface area contributed by atoms with E-state index < -0.39 is 16.7 Å². The summed E-state index contributed by atoms with van der Waals surface area (Å²) in [6.07, 6.45) is 0. The number of rotatable bonds is 5. The van der Waals surface area contributed by atoms with Gasteiger partial charge in [-0.05, 0) is 24.3 Å². The van der Waals surface area contributed by atoms with Crippen LogP contribution in [0, 0.1) is 11.2 Å². The molecule has 0 bridgehead atoms. The predicted octanol–water partition coefficient (Wildman–Crippen LogP) is 1.51. The van der Waals surface area contributed by atoms with Crippen molar-refractivity contribution in [2.24, 2.45) is 19.5 Å². The van der Waals surface area contributed by atoms with E-state index in [9.17, 15) is 18.8 Å². The largest absolute Gasteiger partial charge is 0.369 e. The molecule has 0 N–H and O–H groups in total. The molecule has 1 aliphatic heterocycles. The third kappa shape index (κ3) is 4.42. The molecule has 1 saturated heterocycles. The number of hydrogen-bond donors (Lipinski definition) is 0. The van der Waals surface area contributed by atoms with Crippen LogP contribution in [0.1, 0.15) is 26.6 Å². The molecule has 0 aliphatic carbocycles. The highest BCUT2D eigenvalue weighted by molar-refractivity contribution is 5.85. The molecule has 1 aromatic carbocycles. The summed E-state index contributed by atoms with van der Waals surface area (Å²) in [5, 5.41) is 0. The number of benzene rings is 1. The average molecular weight is 471 g/mol. The van der Waals surface area contributed by atoms with Gasteiger partial charge in [-0.2, -0.15) is 0 Å². The van der Waals surface area contributed by atoms with Crippen molar-refractivity contribution < 1.29 is 9.18 Å². The minimum atomic E-state index is -0.583. The van der Waals surface area contributed by atoms with Gasteiger partial charge < -0.3 is 9.47 Å². The van der Waals surface area contributed by atoms with Crippen LogP contribution >= 0.6 is 0 Å². The fourth-order valence-electron chi connectivity index (χ4n) is 4.18. The van der Waals surface area contributed by atoms with Crippen LogP contribution in [0.25, 0.3) is 11.2 Å². The Labute approximate surface area is 197 Å². The molecule has 4 rings (SSSR count). The second-order valence-corrected chi connectivity index (χ2v) is 9.90. The minimum absolute atomic E-state index is 0.0122. The van der Waals surface area contributed by atoms with Crippen LogP contribution < -0.4 is 16.1 Å². The van der Waals surface area contributed by atoms with E-state index in [1.54, 1.807) is 23.7 Å². The van der Waals surface area contributed by atoms with E-state index in [-0.39, 0.29) is 29.3 Å². The Morgan fingerprint density at radius 2 is 1.62 bits per heavy atom. The lowest BCUT2D eigenvalue weighted by molar-refractivity contribution is -0.126. The maximum atomic E-state index is 13.2. The molecule has 182 valence electrons. The first kappa shape index (κ1) is 23.9. The van der Waals surface area contributed by atoms with Gasteiger partial charge in [0.1, 0.15) is 11.6 Å². The molecule has 10 heteroatoms. The first-order valence-electron chi connectivity index (χ1n) is 11.4. The highest BCUT2D eigenvalue weighted by atomic mass is 19.1. The summed E-state index contributed by atoms with van der Waals surface area (Å²) in [6, 6.07) is 6.47. The van der Waals surface area contributed by atoms with Gasteiger partial charge in [0.15, 0.2) is 16.9 Å². The zero-order valence-corrected chi connectivity index (χ0v) is 20.3. The molecule has 3 heterocycles. The molecular formula is C24H31FN6O3. The van der Waals surface area contributed by atoms with Crippen LogP contribution in [-0.2, 0) is 32.0 Å². The molecule has 1 aliphatic rings. The third-order valence-corrected chi connectivity index (χ3v) is 6.49. The lowest BCUT2D eigenvalue weighted by Gasteiger charge is -2.36. The van der Waals surface area contributed by atoms with Crippen molar-refractivity contribution >= 4 is 22.6 Å². The monoisotopic (exact) mass is 470 g/mol. The standard InChI is InChI=1S/C24H31FN6O3/c1-24(2,3)18(32)14-31-19(26-21-20(31)22(33)28(5)23(34)27(21)4)15-29-10-12-30(13-11-29)17-8-6-16(25)7-9-17/h6-9H,10-15H2,1-5H3. The first-order valence-corrected chi connectivity index (χ1v) is 11.4. The lowest BCUT2D eigenvalue weighted by atomic mass is 9.91. The Kier molecular flexibility index (Phi) is 6.20. The zero-order chi connectivity index (χ0) is 24.8. The van der Waals surface area contributed by atoms with Crippen LogP contribution in [0.4, 0.5) is 10.1 Å². The number of Topliss-reactive ketones (excluding diaryl/α,β-unsaturated/α-hetero) is 1. The maximum absolute atomic E-state index is 13.2. The number of hydrogen-bond acceptors (Lipinski definition) is 6. The Morgan fingerprint density at radius 1 is 1.00 bits per heavy atom. The second-order valence-electron chi connectivity index (χ2n) is 9.90. The van der Waals surface area contributed by atoms with Gasteiger partial charge in [0.2, 0.25) is 0 Å². The quantitative estimate of drug-likeness (QED) is 0.562. The Balaban J connectivity index is 1.65. The van der Waals surface area contributed by atoms with E-state index in [1.165, 1.54) is 23.7 Å². The topological polar surface area (TPSA) is 85.4 Å². The average Bonchev–Trinajstić information content (AvgIpc) is 3.14. The van der Waals surface area contributed by atoms with Gasteiger partial charge in [-0.1, -0.05) is 20.8 Å². The van der Waals surface area contributed by atoms with Crippen molar-refractivity contribution in [1.82, 2.24) is 23.6 Å². The number of anilines is 1. The van der Waals surface area contributed by atoms with Crippen LogP contribution in [0.15, 0.2) is 33.9 Å². The highest BCUT2D eigenvalue weighted by Gasteiger charge is 2.27. The van der Waals surface area contributed by atoms with Gasteiger partial charge in [-0.15, -0.1) is 0 Å². The fourth-order valence-corrected chi connectivity index (χ4v) is 4.18. The van der Waals surface area contributed by atoms with Crippen LogP contribution in [0.5, 0.6) is 0 Å². The number of carbonyl (C=O) groups is 1. The van der Waals surface area contributed by atoms with Gasteiger partial charge in [0, 0.05) is 51.4 Å². The number of nitrogens with zero attached hydrogens (tertiary/aromatic N) is 6. The van der Waals surface area contributed by atoms with Crippen molar-refractivity contribution in [3.8, 4) is 0 Å². The summed E-state index contributed by atoms with van der Waals surface area (Å²) in [5.74, 6) is 0.304. The predicted molar refractivity (Wildman–Crippen MR) is 129 cm³/mol. The van der Waals surface area contributed by atoms with Crippen molar-refractivity contribution in [1.29, 1.82) is 0 Å². The summed E-state index contributed by atoms with van der Waals surface area (Å²) < 4.78 is 17.3. The van der Waals surface area contributed by atoms with Gasteiger partial charge in [-0.3, -0.25) is 23.6 Å². The number of carbonyl (C=O) groups excluding carboxylic acids is 1. The van der Waals surface area contributed by atoms with E-state index >= 15 is 0 Å². The van der Waals surface area contributed by atoms with Crippen LogP contribution in [-0.4, -0.2) is 55.5 Å². The lowest BCUT2D eigenvalue weighted by Crippen LogP contribution is -2.46. The van der Waals surface area contributed by atoms with Crippen LogP contribution in [0.2, 0.25) is 0 Å². The number of piperazine rings is 1. The van der Waals surface area contributed by atoms with Gasteiger partial charge >= 0.3 is 5.69 Å². The smallest absolute Gasteiger partial charge is 0.332 e. The van der Waals surface area contributed by atoms with Crippen molar-refractivity contribution in [3.05, 3.63) is 56.7 Å². The fraction of sp³-hybridized carbons (Fsp3) is 0.500. The summed E-state index contributed by atoms with van der Waals surface area (Å²) in [5.41, 5.74) is 0.0310. The van der Waals surface area contributed by atoms with Crippen molar-refractivity contribution in [3.63, 3.8) is 0 Å². The summed E-state index contributed by atoms with van der Waals surface area (Å²) in [7, 11) is 3.01. The van der Waals surface area contributed by atoms with Crippen molar-refractivity contribution in [2.45, 2.75) is 33.9 Å². The molecule has 34 heavy (non-hydrogen) atoms. The molecular weight excluding hydrogens is 439 g/mol. The van der Waals surface area contributed by atoms with E-state index in [0.717, 1.165) is 36.4 Å². The normalized spacial score (nSPS) is 15.3. The van der Waals surface area contributed by atoms with Crippen molar-refractivity contribution in [2.75, 3.05) is 31.1 Å². The highest BCUT2D eigenvalue weighted by Crippen LogP contribution is 2.21. The number of fused-ring (bicyclic) bond motifs is 1. The molecule has 0 saturated carbocycles.